The number of fused-ring (bicyclic) bond motifs is 1. The number of hydrogen-bond donors (Lipinski definition) is 2. The number of rotatable bonds is 5. The number of anilines is 4. The summed E-state index contributed by atoms with van der Waals surface area (Å²) in [5.41, 5.74) is 2.30. The van der Waals surface area contributed by atoms with Crippen LogP contribution in [0.15, 0.2) is 36.4 Å². The first-order valence-electron chi connectivity index (χ1n) is 11.9. The first kappa shape index (κ1) is 22.6. The van der Waals surface area contributed by atoms with E-state index < -0.39 is 0 Å². The maximum absolute atomic E-state index is 12.9. The molecule has 9 nitrogen and oxygen atoms in total. The van der Waals surface area contributed by atoms with Gasteiger partial charge in [-0.15, -0.1) is 0 Å². The van der Waals surface area contributed by atoms with E-state index in [1.54, 1.807) is 11.9 Å². The smallest absolute Gasteiger partial charge is 0.251 e. The Balaban J connectivity index is 1.33. The van der Waals surface area contributed by atoms with Crippen LogP contribution < -0.4 is 20.4 Å². The summed E-state index contributed by atoms with van der Waals surface area (Å²) in [4.78, 5) is 36.3. The molecule has 5 rings (SSSR count). The van der Waals surface area contributed by atoms with Crippen LogP contribution in [0.25, 0.3) is 0 Å². The van der Waals surface area contributed by atoms with E-state index in [1.165, 1.54) is 0 Å². The van der Waals surface area contributed by atoms with Crippen LogP contribution in [0.3, 0.4) is 0 Å². The molecule has 180 valence electrons. The molecule has 3 aliphatic rings. The van der Waals surface area contributed by atoms with Gasteiger partial charge in [-0.2, -0.15) is 0 Å². The van der Waals surface area contributed by atoms with Gasteiger partial charge in [-0.1, -0.05) is 0 Å². The molecule has 9 heteroatoms. The van der Waals surface area contributed by atoms with E-state index in [2.05, 4.69) is 20.4 Å². The number of nitrogens with one attached hydrogen (secondary N) is 2. The standard InChI is InChI=1S/C25H32N6O3/c1-16-25(33)30(3)21-8-9-22(28-23(21)31(16)20-10-12-34-13-11-20)26-18-6-4-17(5-7-18)24(32)27-19-14-29(2)15-19/h4-9,16,19-20H,10-15H2,1-3H3,(H,26,28)(H,27,32)/t16-/m1/s1. The minimum Gasteiger partial charge on any atom is -0.381 e. The van der Waals surface area contributed by atoms with Gasteiger partial charge in [0.2, 0.25) is 5.91 Å². The fourth-order valence-electron chi connectivity index (χ4n) is 5.03. The molecule has 2 amide bonds. The molecule has 4 heterocycles. The Morgan fingerprint density at radius 1 is 1.06 bits per heavy atom. The summed E-state index contributed by atoms with van der Waals surface area (Å²) in [6.45, 7) is 5.12. The zero-order chi connectivity index (χ0) is 23.8. The average molecular weight is 465 g/mol. The zero-order valence-electron chi connectivity index (χ0n) is 20.0. The normalized spacial score (nSPS) is 21.7. The zero-order valence-corrected chi connectivity index (χ0v) is 20.0. The van der Waals surface area contributed by atoms with E-state index in [1.807, 2.05) is 50.4 Å². The first-order valence-corrected chi connectivity index (χ1v) is 11.9. The maximum Gasteiger partial charge on any atom is 0.251 e. The first-order chi connectivity index (χ1) is 16.4. The van der Waals surface area contributed by atoms with Crippen LogP contribution in [0.1, 0.15) is 30.1 Å². The molecule has 1 atom stereocenters. The summed E-state index contributed by atoms with van der Waals surface area (Å²) < 4.78 is 5.54. The molecular weight excluding hydrogens is 432 g/mol. The molecule has 1 aromatic heterocycles. The summed E-state index contributed by atoms with van der Waals surface area (Å²) in [5, 5.41) is 6.40. The van der Waals surface area contributed by atoms with Gasteiger partial charge in [-0.3, -0.25) is 9.59 Å². The Morgan fingerprint density at radius 3 is 2.44 bits per heavy atom. The molecule has 34 heavy (non-hydrogen) atoms. The van der Waals surface area contributed by atoms with Crippen LogP contribution in [0, 0.1) is 0 Å². The van der Waals surface area contributed by atoms with Crippen molar-refractivity contribution < 1.29 is 14.3 Å². The second-order valence-corrected chi connectivity index (χ2v) is 9.46. The number of carbonyl (C=O) groups excluding carboxylic acids is 2. The highest BCUT2D eigenvalue weighted by molar-refractivity contribution is 6.04. The number of nitrogens with zero attached hydrogens (tertiary/aromatic N) is 4. The highest BCUT2D eigenvalue weighted by Gasteiger charge is 2.39. The Labute approximate surface area is 200 Å². The number of ether oxygens (including phenoxy) is 1. The Kier molecular flexibility index (Phi) is 6.14. The Morgan fingerprint density at radius 2 is 1.76 bits per heavy atom. The lowest BCUT2D eigenvalue weighted by Crippen LogP contribution is -2.57. The van der Waals surface area contributed by atoms with Crippen LogP contribution >= 0.6 is 0 Å². The highest BCUT2D eigenvalue weighted by Crippen LogP contribution is 2.38. The predicted molar refractivity (Wildman–Crippen MR) is 132 cm³/mol. The number of aromatic nitrogens is 1. The molecule has 2 N–H and O–H groups in total. The van der Waals surface area contributed by atoms with Gasteiger partial charge in [0, 0.05) is 50.6 Å². The van der Waals surface area contributed by atoms with Crippen molar-refractivity contribution in [2.24, 2.45) is 0 Å². The SMILES string of the molecule is C[C@@H]1C(=O)N(C)c2ccc(Nc3ccc(C(=O)NC4CN(C)C4)cc3)nc2N1C1CCOCC1. The number of likely N-dealkylation sites (N-methyl/N-ethyl adjacent to an activating group) is 2. The minimum atomic E-state index is -0.281. The molecule has 0 spiro atoms. The third-order valence-corrected chi connectivity index (χ3v) is 6.97. The molecule has 2 saturated heterocycles. The van der Waals surface area contributed by atoms with Gasteiger partial charge in [0.05, 0.1) is 11.7 Å². The number of hydrogen-bond acceptors (Lipinski definition) is 7. The molecule has 0 unspecified atom stereocenters. The van der Waals surface area contributed by atoms with Crippen LogP contribution in [0.5, 0.6) is 0 Å². The van der Waals surface area contributed by atoms with Crippen LogP contribution in [-0.2, 0) is 9.53 Å². The van der Waals surface area contributed by atoms with Crippen molar-refractivity contribution in [2.45, 2.75) is 37.9 Å². The van der Waals surface area contributed by atoms with E-state index in [9.17, 15) is 9.59 Å². The van der Waals surface area contributed by atoms with Crippen molar-refractivity contribution in [3.05, 3.63) is 42.0 Å². The average Bonchev–Trinajstić information content (AvgIpc) is 2.83. The third kappa shape index (κ3) is 4.33. The van der Waals surface area contributed by atoms with Crippen LogP contribution in [-0.4, -0.2) is 80.2 Å². The molecule has 0 saturated carbocycles. The van der Waals surface area contributed by atoms with Gasteiger partial charge >= 0.3 is 0 Å². The summed E-state index contributed by atoms with van der Waals surface area (Å²) in [6, 6.07) is 11.4. The second-order valence-electron chi connectivity index (χ2n) is 9.46. The minimum absolute atomic E-state index is 0.0506. The molecule has 0 bridgehead atoms. The highest BCUT2D eigenvalue weighted by atomic mass is 16.5. The van der Waals surface area contributed by atoms with Crippen molar-refractivity contribution in [1.29, 1.82) is 0 Å². The van der Waals surface area contributed by atoms with E-state index in [4.69, 9.17) is 9.72 Å². The Hall–Kier alpha value is -3.17. The fraction of sp³-hybridized carbons (Fsp3) is 0.480. The topological polar surface area (TPSA) is 90.0 Å². The molecule has 2 aromatic rings. The molecule has 2 fully saturated rings. The van der Waals surface area contributed by atoms with Gasteiger partial charge in [0.25, 0.3) is 5.91 Å². The summed E-state index contributed by atoms with van der Waals surface area (Å²) in [6.07, 6.45) is 1.75. The van der Waals surface area contributed by atoms with E-state index in [0.717, 1.165) is 43.1 Å². The van der Waals surface area contributed by atoms with E-state index in [0.29, 0.717) is 24.6 Å². The largest absolute Gasteiger partial charge is 0.381 e. The van der Waals surface area contributed by atoms with Crippen LogP contribution in [0.2, 0.25) is 0 Å². The number of carbonyl (C=O) groups is 2. The fourth-order valence-corrected chi connectivity index (χ4v) is 5.03. The molecular formula is C25H32N6O3. The lowest BCUT2D eigenvalue weighted by atomic mass is 10.0. The second kappa shape index (κ2) is 9.23. The van der Waals surface area contributed by atoms with Crippen molar-refractivity contribution >= 4 is 34.8 Å². The van der Waals surface area contributed by atoms with Gasteiger partial charge in [0.15, 0.2) is 5.82 Å². The molecule has 0 aliphatic carbocycles. The third-order valence-electron chi connectivity index (χ3n) is 6.97. The van der Waals surface area contributed by atoms with Crippen molar-refractivity contribution in [1.82, 2.24) is 15.2 Å². The van der Waals surface area contributed by atoms with Gasteiger partial charge in [-0.05, 0) is 63.2 Å². The van der Waals surface area contributed by atoms with Crippen molar-refractivity contribution in [3.63, 3.8) is 0 Å². The number of pyridine rings is 1. The lowest BCUT2D eigenvalue weighted by molar-refractivity contribution is -0.119. The lowest BCUT2D eigenvalue weighted by Gasteiger charge is -2.44. The molecule has 3 aliphatic heterocycles. The monoisotopic (exact) mass is 464 g/mol. The van der Waals surface area contributed by atoms with Crippen LogP contribution in [0.4, 0.5) is 23.0 Å². The predicted octanol–water partition coefficient (Wildman–Crippen LogP) is 2.22. The Bertz CT molecular complexity index is 1060. The van der Waals surface area contributed by atoms with Gasteiger partial charge < -0.3 is 30.1 Å². The number of benzene rings is 1. The number of likely N-dealkylation sites (tertiary alicyclic amines) is 1. The van der Waals surface area contributed by atoms with Gasteiger partial charge in [-0.25, -0.2) is 4.98 Å². The number of amides is 2. The molecule has 1 aromatic carbocycles. The van der Waals surface area contributed by atoms with E-state index >= 15 is 0 Å². The quantitative estimate of drug-likeness (QED) is 0.701. The van der Waals surface area contributed by atoms with Crippen molar-refractivity contribution in [2.75, 3.05) is 55.5 Å². The molecule has 0 radical (unpaired) electrons. The maximum atomic E-state index is 12.9. The summed E-state index contributed by atoms with van der Waals surface area (Å²) >= 11 is 0. The summed E-state index contributed by atoms with van der Waals surface area (Å²) in [5.74, 6) is 1.53. The van der Waals surface area contributed by atoms with Gasteiger partial charge in [0.1, 0.15) is 11.9 Å². The van der Waals surface area contributed by atoms with Crippen molar-refractivity contribution in [3.8, 4) is 0 Å². The van der Waals surface area contributed by atoms with E-state index in [-0.39, 0.29) is 29.9 Å². The summed E-state index contributed by atoms with van der Waals surface area (Å²) in [7, 11) is 3.84.